The Bertz CT molecular complexity index is 502. The largest absolute Gasteiger partial charge is 0.243 e. The molecule has 1 aromatic rings. The van der Waals surface area contributed by atoms with Crippen LogP contribution in [0.15, 0.2) is 23.1 Å². The Balaban J connectivity index is 2.52. The smallest absolute Gasteiger partial charge is 0.207 e. The first-order chi connectivity index (χ1) is 7.94. The second kappa shape index (κ2) is 4.42. The van der Waals surface area contributed by atoms with E-state index in [1.165, 1.54) is 0 Å². The lowest BCUT2D eigenvalue weighted by Gasteiger charge is -2.23. The first-order valence-corrected chi connectivity index (χ1v) is 7.46. The number of rotatable bonds is 2. The van der Waals surface area contributed by atoms with Crippen LogP contribution in [-0.4, -0.2) is 25.3 Å². The highest BCUT2D eigenvalue weighted by molar-refractivity contribution is 7.89. The average molecular weight is 253 g/mol. The second-order valence-corrected chi connectivity index (χ2v) is 6.66. The predicted octanol–water partition coefficient (Wildman–Crippen LogP) is 2.48. The molecule has 4 heteroatoms. The van der Waals surface area contributed by atoms with E-state index in [0.29, 0.717) is 11.4 Å². The van der Waals surface area contributed by atoms with Crippen LogP contribution in [-0.2, 0) is 10.0 Å². The van der Waals surface area contributed by atoms with Gasteiger partial charge in [-0.2, -0.15) is 4.31 Å². The van der Waals surface area contributed by atoms with Crippen molar-refractivity contribution in [3.05, 3.63) is 29.3 Å². The van der Waals surface area contributed by atoms with Crippen LogP contribution >= 0.6 is 0 Å². The number of hydrogen-bond donors (Lipinski definition) is 0. The Morgan fingerprint density at radius 2 is 1.82 bits per heavy atom. The summed E-state index contributed by atoms with van der Waals surface area (Å²) in [6, 6.07) is 5.75. The summed E-state index contributed by atoms with van der Waals surface area (Å²) in [6.45, 7) is 6.36. The van der Waals surface area contributed by atoms with E-state index in [2.05, 4.69) is 0 Å². The van der Waals surface area contributed by atoms with Gasteiger partial charge in [0.2, 0.25) is 10.0 Å². The van der Waals surface area contributed by atoms with E-state index in [4.69, 9.17) is 0 Å². The van der Waals surface area contributed by atoms with Crippen LogP contribution < -0.4 is 0 Å². The topological polar surface area (TPSA) is 37.4 Å². The molecule has 0 radical (unpaired) electrons. The van der Waals surface area contributed by atoms with Crippen molar-refractivity contribution in [3.63, 3.8) is 0 Å². The van der Waals surface area contributed by atoms with Crippen molar-refractivity contribution < 1.29 is 8.42 Å². The summed E-state index contributed by atoms with van der Waals surface area (Å²) in [5.74, 6) is 0. The van der Waals surface area contributed by atoms with Gasteiger partial charge < -0.3 is 0 Å². The lowest BCUT2D eigenvalue weighted by atomic mass is 10.2. The molecule has 1 saturated heterocycles. The van der Waals surface area contributed by atoms with Gasteiger partial charge in [0.15, 0.2) is 0 Å². The minimum Gasteiger partial charge on any atom is -0.207 e. The van der Waals surface area contributed by atoms with Crippen LogP contribution in [0.4, 0.5) is 0 Å². The van der Waals surface area contributed by atoms with Gasteiger partial charge in [-0.1, -0.05) is 18.2 Å². The van der Waals surface area contributed by atoms with E-state index in [9.17, 15) is 8.42 Å². The standard InChI is InChI=1S/C13H19NO2S/c1-10-6-4-7-11(2)13(10)17(15,16)14-9-5-8-12(14)3/h4,6-7,12H,5,8-9H2,1-3H3. The molecular weight excluding hydrogens is 234 g/mol. The number of sulfonamides is 1. The molecule has 3 nitrogen and oxygen atoms in total. The summed E-state index contributed by atoms with van der Waals surface area (Å²) in [5.41, 5.74) is 1.67. The number of benzene rings is 1. The quantitative estimate of drug-likeness (QED) is 0.812. The fourth-order valence-corrected chi connectivity index (χ4v) is 4.72. The Hall–Kier alpha value is -0.870. The molecule has 0 aromatic heterocycles. The highest BCUT2D eigenvalue weighted by atomic mass is 32.2. The van der Waals surface area contributed by atoms with E-state index in [1.54, 1.807) is 4.31 Å². The van der Waals surface area contributed by atoms with Gasteiger partial charge in [-0.25, -0.2) is 8.42 Å². The minimum absolute atomic E-state index is 0.124. The number of aryl methyl sites for hydroxylation is 2. The highest BCUT2D eigenvalue weighted by Gasteiger charge is 2.34. The lowest BCUT2D eigenvalue weighted by Crippen LogP contribution is -2.34. The third kappa shape index (κ3) is 2.11. The zero-order valence-electron chi connectivity index (χ0n) is 10.6. The van der Waals surface area contributed by atoms with Crippen LogP contribution in [0.1, 0.15) is 30.9 Å². The molecule has 0 saturated carbocycles. The number of hydrogen-bond acceptors (Lipinski definition) is 2. The summed E-state index contributed by atoms with van der Waals surface area (Å²) >= 11 is 0. The van der Waals surface area contributed by atoms with Gasteiger partial charge in [-0.15, -0.1) is 0 Å². The van der Waals surface area contributed by atoms with Crippen molar-refractivity contribution in [2.45, 2.75) is 44.6 Å². The first-order valence-electron chi connectivity index (χ1n) is 6.02. The maximum Gasteiger partial charge on any atom is 0.243 e. The van der Waals surface area contributed by atoms with E-state index >= 15 is 0 Å². The fraction of sp³-hybridized carbons (Fsp3) is 0.538. The summed E-state index contributed by atoms with van der Waals surface area (Å²) in [5, 5.41) is 0. The first kappa shape index (κ1) is 12.6. The third-order valence-corrected chi connectivity index (χ3v) is 5.79. The van der Waals surface area contributed by atoms with Gasteiger partial charge in [0.1, 0.15) is 0 Å². The molecule has 1 atom stereocenters. The van der Waals surface area contributed by atoms with Gasteiger partial charge >= 0.3 is 0 Å². The SMILES string of the molecule is Cc1cccc(C)c1S(=O)(=O)N1CCCC1C. The van der Waals surface area contributed by atoms with Gasteiger partial charge in [0.25, 0.3) is 0 Å². The second-order valence-electron chi connectivity index (χ2n) is 4.83. The summed E-state index contributed by atoms with van der Waals surface area (Å²) in [4.78, 5) is 0.494. The Morgan fingerprint density at radius 3 is 2.29 bits per heavy atom. The molecule has 0 spiro atoms. The molecule has 0 aliphatic carbocycles. The summed E-state index contributed by atoms with van der Waals surface area (Å²) < 4.78 is 26.9. The molecule has 17 heavy (non-hydrogen) atoms. The number of nitrogens with zero attached hydrogens (tertiary/aromatic N) is 1. The molecule has 1 fully saturated rings. The molecule has 0 N–H and O–H groups in total. The van der Waals surface area contributed by atoms with Crippen molar-refractivity contribution in [1.82, 2.24) is 4.31 Å². The van der Waals surface area contributed by atoms with Gasteiger partial charge in [0, 0.05) is 12.6 Å². The maximum atomic E-state index is 12.6. The van der Waals surface area contributed by atoms with Crippen molar-refractivity contribution in [1.29, 1.82) is 0 Å². The lowest BCUT2D eigenvalue weighted by molar-refractivity contribution is 0.407. The minimum atomic E-state index is -3.32. The molecule has 1 aliphatic rings. The van der Waals surface area contributed by atoms with Crippen molar-refractivity contribution in [2.24, 2.45) is 0 Å². The Labute approximate surface area is 104 Å². The van der Waals surface area contributed by atoms with Gasteiger partial charge in [-0.05, 0) is 44.7 Å². The summed E-state index contributed by atoms with van der Waals surface area (Å²) in [7, 11) is -3.32. The molecule has 1 unspecified atom stereocenters. The maximum absolute atomic E-state index is 12.6. The average Bonchev–Trinajstić information content (AvgIpc) is 2.64. The van der Waals surface area contributed by atoms with Crippen LogP contribution in [0, 0.1) is 13.8 Å². The molecular formula is C13H19NO2S. The van der Waals surface area contributed by atoms with Crippen LogP contribution in [0.25, 0.3) is 0 Å². The van der Waals surface area contributed by atoms with Crippen LogP contribution in [0.2, 0.25) is 0 Å². The van der Waals surface area contributed by atoms with Gasteiger partial charge in [-0.3, -0.25) is 0 Å². The summed E-state index contributed by atoms with van der Waals surface area (Å²) in [6.07, 6.45) is 1.93. The van der Waals surface area contributed by atoms with Gasteiger partial charge in [0.05, 0.1) is 4.90 Å². The normalized spacial score (nSPS) is 21.9. The molecule has 1 aliphatic heterocycles. The Morgan fingerprint density at radius 1 is 1.24 bits per heavy atom. The van der Waals surface area contributed by atoms with Crippen molar-refractivity contribution in [3.8, 4) is 0 Å². The molecule has 1 aromatic carbocycles. The van der Waals surface area contributed by atoms with E-state index < -0.39 is 10.0 Å². The molecule has 0 amide bonds. The molecule has 2 rings (SSSR count). The molecule has 0 bridgehead atoms. The Kier molecular flexibility index (Phi) is 3.27. The van der Waals surface area contributed by atoms with Crippen LogP contribution in [0.3, 0.4) is 0 Å². The molecule has 94 valence electrons. The molecule has 1 heterocycles. The van der Waals surface area contributed by atoms with Crippen molar-refractivity contribution in [2.75, 3.05) is 6.54 Å². The predicted molar refractivity (Wildman–Crippen MR) is 68.5 cm³/mol. The highest BCUT2D eigenvalue weighted by Crippen LogP contribution is 2.29. The van der Waals surface area contributed by atoms with Crippen molar-refractivity contribution >= 4 is 10.0 Å². The monoisotopic (exact) mass is 253 g/mol. The van der Waals surface area contributed by atoms with Crippen LogP contribution in [0.5, 0.6) is 0 Å². The third-order valence-electron chi connectivity index (χ3n) is 3.47. The zero-order chi connectivity index (χ0) is 12.6. The van der Waals surface area contributed by atoms with E-state index in [-0.39, 0.29) is 6.04 Å². The van der Waals surface area contributed by atoms with E-state index in [1.807, 2.05) is 39.0 Å². The zero-order valence-corrected chi connectivity index (χ0v) is 11.4. The van der Waals surface area contributed by atoms with E-state index in [0.717, 1.165) is 24.0 Å². The fourth-order valence-electron chi connectivity index (χ4n) is 2.59.